The Bertz CT molecular complexity index is 637. The first-order chi connectivity index (χ1) is 11.1. The van der Waals surface area contributed by atoms with Gasteiger partial charge in [-0.25, -0.2) is 0 Å². The molecule has 0 bridgehead atoms. The molecular formula is C19H22O4. The van der Waals surface area contributed by atoms with Gasteiger partial charge in [-0.05, 0) is 38.0 Å². The number of ether oxygens (including phenoxy) is 2. The van der Waals surface area contributed by atoms with Crippen molar-refractivity contribution < 1.29 is 19.4 Å². The van der Waals surface area contributed by atoms with Crippen molar-refractivity contribution in [1.82, 2.24) is 0 Å². The zero-order chi connectivity index (χ0) is 16.7. The largest absolute Gasteiger partial charge is 0.496 e. The highest BCUT2D eigenvalue weighted by Crippen LogP contribution is 2.31. The Morgan fingerprint density at radius 2 is 1.91 bits per heavy atom. The molecular weight excluding hydrogens is 292 g/mol. The maximum Gasteiger partial charge on any atom is 0.311 e. The summed E-state index contributed by atoms with van der Waals surface area (Å²) < 4.78 is 10.9. The lowest BCUT2D eigenvalue weighted by Gasteiger charge is -2.17. The van der Waals surface area contributed by atoms with E-state index in [1.165, 1.54) is 0 Å². The van der Waals surface area contributed by atoms with Gasteiger partial charge < -0.3 is 14.6 Å². The van der Waals surface area contributed by atoms with Crippen molar-refractivity contribution >= 4 is 5.97 Å². The van der Waals surface area contributed by atoms with Gasteiger partial charge in [-0.2, -0.15) is 0 Å². The zero-order valence-electron chi connectivity index (χ0n) is 13.5. The smallest absolute Gasteiger partial charge is 0.311 e. The molecule has 0 saturated carbocycles. The normalized spacial score (nSPS) is 11.7. The number of carboxylic acids is 1. The van der Waals surface area contributed by atoms with Gasteiger partial charge in [-0.1, -0.05) is 35.9 Å². The number of hydrogen-bond acceptors (Lipinski definition) is 3. The number of para-hydroxylation sites is 1. The van der Waals surface area contributed by atoms with Crippen LogP contribution in [0.1, 0.15) is 29.9 Å². The molecule has 0 fully saturated rings. The van der Waals surface area contributed by atoms with Gasteiger partial charge in [0.1, 0.15) is 11.5 Å². The fraction of sp³-hybridized carbons (Fsp3) is 0.316. The van der Waals surface area contributed by atoms with Crippen LogP contribution in [0.2, 0.25) is 0 Å². The summed E-state index contributed by atoms with van der Waals surface area (Å²) in [5.41, 5.74) is 1.74. The minimum absolute atomic E-state index is 0.488. The highest BCUT2D eigenvalue weighted by Gasteiger charge is 2.23. The predicted molar refractivity (Wildman–Crippen MR) is 89.3 cm³/mol. The van der Waals surface area contributed by atoms with Gasteiger partial charge in [0, 0.05) is 5.56 Å². The molecule has 122 valence electrons. The van der Waals surface area contributed by atoms with Crippen LogP contribution in [0.4, 0.5) is 0 Å². The SMILES string of the molecule is COc1ccc(C)cc1C(CCCOc1ccccc1)C(=O)O. The summed E-state index contributed by atoms with van der Waals surface area (Å²) in [5, 5.41) is 9.56. The van der Waals surface area contributed by atoms with E-state index in [2.05, 4.69) is 0 Å². The number of rotatable bonds is 8. The molecule has 1 atom stereocenters. The first-order valence-electron chi connectivity index (χ1n) is 7.67. The van der Waals surface area contributed by atoms with E-state index in [1.54, 1.807) is 7.11 Å². The van der Waals surface area contributed by atoms with Gasteiger partial charge in [0.25, 0.3) is 0 Å². The minimum Gasteiger partial charge on any atom is -0.496 e. The molecule has 0 radical (unpaired) electrons. The van der Waals surface area contributed by atoms with E-state index in [-0.39, 0.29) is 0 Å². The first kappa shape index (κ1) is 16.9. The van der Waals surface area contributed by atoms with Crippen molar-refractivity contribution in [1.29, 1.82) is 0 Å². The molecule has 0 aliphatic carbocycles. The summed E-state index contributed by atoms with van der Waals surface area (Å²) in [7, 11) is 1.56. The monoisotopic (exact) mass is 314 g/mol. The molecule has 2 aromatic carbocycles. The van der Waals surface area contributed by atoms with Crippen molar-refractivity contribution in [2.75, 3.05) is 13.7 Å². The Balaban J connectivity index is 1.99. The molecule has 4 nitrogen and oxygen atoms in total. The molecule has 1 N–H and O–H groups in total. The summed E-state index contributed by atoms with van der Waals surface area (Å²) in [6, 6.07) is 15.1. The average molecular weight is 314 g/mol. The summed E-state index contributed by atoms with van der Waals surface area (Å²) in [6.07, 6.45) is 1.16. The molecule has 0 aliphatic heterocycles. The van der Waals surface area contributed by atoms with E-state index in [0.717, 1.165) is 16.9 Å². The molecule has 0 spiro atoms. The Kier molecular flexibility index (Phi) is 6.03. The lowest BCUT2D eigenvalue weighted by atomic mass is 9.92. The van der Waals surface area contributed by atoms with Gasteiger partial charge in [0.2, 0.25) is 0 Å². The second-order valence-electron chi connectivity index (χ2n) is 5.44. The molecule has 0 amide bonds. The molecule has 23 heavy (non-hydrogen) atoms. The quantitative estimate of drug-likeness (QED) is 0.747. The fourth-order valence-corrected chi connectivity index (χ4v) is 2.53. The summed E-state index contributed by atoms with van der Waals surface area (Å²) in [5.74, 6) is -0.0164. The highest BCUT2D eigenvalue weighted by atomic mass is 16.5. The summed E-state index contributed by atoms with van der Waals surface area (Å²) >= 11 is 0. The van der Waals surface area contributed by atoms with Crippen molar-refractivity contribution in [2.24, 2.45) is 0 Å². The maximum atomic E-state index is 11.6. The van der Waals surface area contributed by atoms with Crippen molar-refractivity contribution in [2.45, 2.75) is 25.7 Å². The van der Waals surface area contributed by atoms with E-state index in [0.29, 0.717) is 25.2 Å². The molecule has 0 saturated heterocycles. The Hall–Kier alpha value is -2.49. The Morgan fingerprint density at radius 3 is 2.57 bits per heavy atom. The van der Waals surface area contributed by atoms with Crippen molar-refractivity contribution in [3.05, 3.63) is 59.7 Å². The van der Waals surface area contributed by atoms with E-state index in [1.807, 2.05) is 55.5 Å². The summed E-state index contributed by atoms with van der Waals surface area (Å²) in [4.78, 5) is 11.6. The van der Waals surface area contributed by atoms with E-state index >= 15 is 0 Å². The van der Waals surface area contributed by atoms with Crippen LogP contribution >= 0.6 is 0 Å². The van der Waals surface area contributed by atoms with Crippen LogP contribution < -0.4 is 9.47 Å². The number of aliphatic carboxylic acids is 1. The van der Waals surface area contributed by atoms with Crippen LogP contribution in [0.3, 0.4) is 0 Å². The fourth-order valence-electron chi connectivity index (χ4n) is 2.53. The Morgan fingerprint density at radius 1 is 1.17 bits per heavy atom. The van der Waals surface area contributed by atoms with Crippen LogP contribution in [0, 0.1) is 6.92 Å². The number of carboxylic acid groups (broad SMARTS) is 1. The molecule has 2 aromatic rings. The lowest BCUT2D eigenvalue weighted by molar-refractivity contribution is -0.139. The van der Waals surface area contributed by atoms with E-state index < -0.39 is 11.9 Å². The number of carbonyl (C=O) groups is 1. The van der Waals surface area contributed by atoms with Crippen LogP contribution in [0.25, 0.3) is 0 Å². The van der Waals surface area contributed by atoms with Crippen LogP contribution in [0.15, 0.2) is 48.5 Å². The summed E-state index contributed by atoms with van der Waals surface area (Å²) in [6.45, 7) is 2.43. The number of hydrogen-bond donors (Lipinski definition) is 1. The van der Waals surface area contributed by atoms with E-state index in [9.17, 15) is 9.90 Å². The molecule has 0 heterocycles. The van der Waals surface area contributed by atoms with Crippen molar-refractivity contribution in [3.8, 4) is 11.5 Å². The average Bonchev–Trinajstić information content (AvgIpc) is 2.55. The third kappa shape index (κ3) is 4.74. The van der Waals surface area contributed by atoms with Gasteiger partial charge in [0.05, 0.1) is 19.6 Å². The first-order valence-corrected chi connectivity index (χ1v) is 7.67. The molecule has 4 heteroatoms. The second kappa shape index (κ2) is 8.22. The van der Waals surface area contributed by atoms with Crippen LogP contribution in [-0.2, 0) is 4.79 Å². The number of methoxy groups -OCH3 is 1. The molecule has 1 unspecified atom stereocenters. The standard InChI is InChI=1S/C19H22O4/c1-14-10-11-18(22-2)17(13-14)16(19(20)21)9-6-12-23-15-7-4-3-5-8-15/h3-5,7-8,10-11,13,16H,6,9,12H2,1-2H3,(H,20,21). The molecule has 2 rings (SSSR count). The lowest BCUT2D eigenvalue weighted by Crippen LogP contribution is -2.14. The Labute approximate surface area is 136 Å². The van der Waals surface area contributed by atoms with Crippen LogP contribution in [0.5, 0.6) is 11.5 Å². The predicted octanol–water partition coefficient (Wildman–Crippen LogP) is 4.03. The van der Waals surface area contributed by atoms with Crippen molar-refractivity contribution in [3.63, 3.8) is 0 Å². The van der Waals surface area contributed by atoms with Gasteiger partial charge in [0.15, 0.2) is 0 Å². The van der Waals surface area contributed by atoms with Gasteiger partial charge in [-0.15, -0.1) is 0 Å². The third-order valence-electron chi connectivity index (χ3n) is 3.71. The van der Waals surface area contributed by atoms with Crippen LogP contribution in [-0.4, -0.2) is 24.8 Å². The molecule has 0 aliphatic rings. The van der Waals surface area contributed by atoms with Gasteiger partial charge >= 0.3 is 5.97 Å². The third-order valence-corrected chi connectivity index (χ3v) is 3.71. The number of aryl methyl sites for hydroxylation is 1. The maximum absolute atomic E-state index is 11.6. The second-order valence-corrected chi connectivity index (χ2v) is 5.44. The topological polar surface area (TPSA) is 55.8 Å². The highest BCUT2D eigenvalue weighted by molar-refractivity contribution is 5.77. The van der Waals surface area contributed by atoms with Gasteiger partial charge in [-0.3, -0.25) is 4.79 Å². The van der Waals surface area contributed by atoms with E-state index in [4.69, 9.17) is 9.47 Å². The molecule has 0 aromatic heterocycles. The zero-order valence-corrected chi connectivity index (χ0v) is 13.5. The minimum atomic E-state index is -0.839. The number of benzene rings is 2.